The van der Waals surface area contributed by atoms with Crippen LogP contribution in [-0.4, -0.2) is 43.8 Å². The van der Waals surface area contributed by atoms with Crippen LogP contribution in [0.1, 0.15) is 16.8 Å². The van der Waals surface area contributed by atoms with Crippen molar-refractivity contribution in [2.45, 2.75) is 6.42 Å². The maximum atomic E-state index is 11.5. The first-order chi connectivity index (χ1) is 9.56. The van der Waals surface area contributed by atoms with Gasteiger partial charge >= 0.3 is 5.97 Å². The van der Waals surface area contributed by atoms with Gasteiger partial charge in [0.2, 0.25) is 5.91 Å². The van der Waals surface area contributed by atoms with E-state index in [4.69, 9.17) is 15.6 Å². The molecule has 0 aromatic heterocycles. The number of benzene rings is 1. The number of methoxy groups -OCH3 is 1. The van der Waals surface area contributed by atoms with Crippen LogP contribution in [-0.2, 0) is 9.53 Å². The number of anilines is 2. The van der Waals surface area contributed by atoms with Crippen LogP contribution in [0.2, 0.25) is 0 Å². The number of carboxylic acids is 1. The van der Waals surface area contributed by atoms with Crippen LogP contribution in [0.25, 0.3) is 0 Å². The van der Waals surface area contributed by atoms with Crippen molar-refractivity contribution >= 4 is 23.3 Å². The van der Waals surface area contributed by atoms with Crippen LogP contribution in [0, 0.1) is 0 Å². The molecule has 0 atom stereocenters. The lowest BCUT2D eigenvalue weighted by molar-refractivity contribution is -0.121. The van der Waals surface area contributed by atoms with Crippen LogP contribution in [0.3, 0.4) is 0 Å². The number of aromatic carboxylic acids is 1. The standard InChI is InChI=1S/C13H19N3O4/c1-20-8-7-15-11(17)5-6-16-12-9(13(18)19)3-2-4-10(12)14/h2-4,16H,5-8,14H2,1H3,(H,15,17)(H,18,19). The molecule has 0 spiro atoms. The molecule has 0 bridgehead atoms. The van der Waals surface area contributed by atoms with Crippen molar-refractivity contribution in [1.29, 1.82) is 0 Å². The van der Waals surface area contributed by atoms with E-state index >= 15 is 0 Å². The molecule has 0 radical (unpaired) electrons. The summed E-state index contributed by atoms with van der Waals surface area (Å²) >= 11 is 0. The van der Waals surface area contributed by atoms with Gasteiger partial charge in [0.1, 0.15) is 0 Å². The fourth-order valence-electron chi connectivity index (χ4n) is 1.63. The summed E-state index contributed by atoms with van der Waals surface area (Å²) in [5.41, 5.74) is 6.49. The largest absolute Gasteiger partial charge is 0.478 e. The van der Waals surface area contributed by atoms with E-state index in [0.29, 0.717) is 31.1 Å². The zero-order chi connectivity index (χ0) is 15.0. The van der Waals surface area contributed by atoms with Crippen molar-refractivity contribution in [1.82, 2.24) is 5.32 Å². The summed E-state index contributed by atoms with van der Waals surface area (Å²) in [7, 11) is 1.55. The topological polar surface area (TPSA) is 114 Å². The normalized spacial score (nSPS) is 10.1. The van der Waals surface area contributed by atoms with Gasteiger partial charge < -0.3 is 26.2 Å². The molecule has 1 aromatic carbocycles. The Bertz CT molecular complexity index is 477. The van der Waals surface area contributed by atoms with Crippen LogP contribution in [0.4, 0.5) is 11.4 Å². The first-order valence-electron chi connectivity index (χ1n) is 6.17. The van der Waals surface area contributed by atoms with E-state index in [9.17, 15) is 9.59 Å². The molecule has 0 fully saturated rings. The molecule has 0 aliphatic rings. The predicted octanol–water partition coefficient (Wildman–Crippen LogP) is 0.532. The van der Waals surface area contributed by atoms with Crippen LogP contribution < -0.4 is 16.4 Å². The fraction of sp³-hybridized carbons (Fsp3) is 0.385. The number of amides is 1. The minimum Gasteiger partial charge on any atom is -0.478 e. The second-order valence-electron chi connectivity index (χ2n) is 4.09. The van der Waals surface area contributed by atoms with Gasteiger partial charge in [0.05, 0.1) is 23.5 Å². The number of rotatable bonds is 8. The van der Waals surface area contributed by atoms with Gasteiger partial charge in [-0.15, -0.1) is 0 Å². The van der Waals surface area contributed by atoms with Crippen LogP contribution in [0.5, 0.6) is 0 Å². The quantitative estimate of drug-likeness (QED) is 0.408. The van der Waals surface area contributed by atoms with E-state index in [1.165, 1.54) is 6.07 Å². The zero-order valence-corrected chi connectivity index (χ0v) is 11.3. The Balaban J connectivity index is 2.50. The molecule has 0 aliphatic carbocycles. The lowest BCUT2D eigenvalue weighted by atomic mass is 10.1. The van der Waals surface area contributed by atoms with Gasteiger partial charge in [0.25, 0.3) is 0 Å². The van der Waals surface area contributed by atoms with E-state index < -0.39 is 5.97 Å². The SMILES string of the molecule is COCCNC(=O)CCNc1c(N)cccc1C(=O)O. The third-order valence-corrected chi connectivity index (χ3v) is 2.61. The Morgan fingerprint density at radius 1 is 1.35 bits per heavy atom. The summed E-state index contributed by atoms with van der Waals surface area (Å²) in [4.78, 5) is 22.5. The Morgan fingerprint density at radius 3 is 2.75 bits per heavy atom. The highest BCUT2D eigenvalue weighted by Crippen LogP contribution is 2.23. The molecule has 1 rings (SSSR count). The molecule has 1 aromatic rings. The van der Waals surface area contributed by atoms with Crippen LogP contribution in [0.15, 0.2) is 18.2 Å². The van der Waals surface area contributed by atoms with Crippen LogP contribution >= 0.6 is 0 Å². The molecule has 5 N–H and O–H groups in total. The highest BCUT2D eigenvalue weighted by atomic mass is 16.5. The number of hydrogen-bond donors (Lipinski definition) is 4. The number of nitrogen functional groups attached to an aromatic ring is 1. The minimum atomic E-state index is -1.07. The van der Waals surface area contributed by atoms with Crippen molar-refractivity contribution in [2.75, 3.05) is 37.9 Å². The van der Waals surface area contributed by atoms with Gasteiger partial charge in [-0.1, -0.05) is 6.07 Å². The number of carbonyl (C=O) groups is 2. The third kappa shape index (κ3) is 4.77. The number of nitrogens with two attached hydrogens (primary N) is 1. The summed E-state index contributed by atoms with van der Waals surface area (Å²) in [5.74, 6) is -1.20. The smallest absolute Gasteiger partial charge is 0.337 e. The van der Waals surface area contributed by atoms with E-state index in [1.807, 2.05) is 0 Å². The lowest BCUT2D eigenvalue weighted by Crippen LogP contribution is -2.28. The second-order valence-corrected chi connectivity index (χ2v) is 4.09. The Morgan fingerprint density at radius 2 is 2.10 bits per heavy atom. The molecule has 0 saturated heterocycles. The molecule has 1 amide bonds. The molecule has 0 aliphatic heterocycles. The average molecular weight is 281 g/mol. The monoisotopic (exact) mass is 281 g/mol. The molecular weight excluding hydrogens is 262 g/mol. The van der Waals surface area contributed by atoms with Crippen molar-refractivity contribution in [3.8, 4) is 0 Å². The summed E-state index contributed by atoms with van der Waals surface area (Å²) in [6.45, 7) is 1.20. The van der Waals surface area contributed by atoms with E-state index in [0.717, 1.165) is 0 Å². The minimum absolute atomic E-state index is 0.0878. The van der Waals surface area contributed by atoms with Gasteiger partial charge in [-0.25, -0.2) is 4.79 Å². The molecule has 7 nitrogen and oxygen atoms in total. The molecule has 0 heterocycles. The Hall–Kier alpha value is -2.28. The summed E-state index contributed by atoms with van der Waals surface area (Å²) in [6, 6.07) is 4.63. The van der Waals surface area contributed by atoms with Gasteiger partial charge in [-0.2, -0.15) is 0 Å². The fourth-order valence-corrected chi connectivity index (χ4v) is 1.63. The maximum absolute atomic E-state index is 11.5. The third-order valence-electron chi connectivity index (χ3n) is 2.61. The molecule has 0 saturated carbocycles. The number of nitrogens with one attached hydrogen (secondary N) is 2. The van der Waals surface area contributed by atoms with Crippen molar-refractivity contribution in [3.63, 3.8) is 0 Å². The van der Waals surface area contributed by atoms with Crippen molar-refractivity contribution < 1.29 is 19.4 Å². The lowest BCUT2D eigenvalue weighted by Gasteiger charge is -2.12. The highest BCUT2D eigenvalue weighted by Gasteiger charge is 2.12. The van der Waals surface area contributed by atoms with Gasteiger partial charge in [0.15, 0.2) is 0 Å². The molecule has 110 valence electrons. The molecule has 7 heteroatoms. The molecule has 20 heavy (non-hydrogen) atoms. The predicted molar refractivity (Wildman–Crippen MR) is 75.8 cm³/mol. The van der Waals surface area contributed by atoms with E-state index in [-0.39, 0.29) is 17.9 Å². The summed E-state index contributed by atoms with van der Waals surface area (Å²) < 4.78 is 4.81. The Labute approximate surface area is 117 Å². The van der Waals surface area contributed by atoms with E-state index in [2.05, 4.69) is 10.6 Å². The summed E-state index contributed by atoms with van der Waals surface area (Å²) in [6.07, 6.45) is 0.219. The molecular formula is C13H19N3O4. The number of hydrogen-bond acceptors (Lipinski definition) is 5. The molecule has 0 unspecified atom stereocenters. The first kappa shape index (κ1) is 15.8. The van der Waals surface area contributed by atoms with Crippen molar-refractivity contribution in [3.05, 3.63) is 23.8 Å². The highest BCUT2D eigenvalue weighted by molar-refractivity contribution is 5.97. The van der Waals surface area contributed by atoms with Crippen molar-refractivity contribution in [2.24, 2.45) is 0 Å². The number of carbonyl (C=O) groups excluding carboxylic acids is 1. The number of para-hydroxylation sites is 1. The van der Waals surface area contributed by atoms with Gasteiger partial charge in [0, 0.05) is 26.6 Å². The number of ether oxygens (including phenoxy) is 1. The van der Waals surface area contributed by atoms with Gasteiger partial charge in [-0.3, -0.25) is 4.79 Å². The maximum Gasteiger partial charge on any atom is 0.337 e. The van der Waals surface area contributed by atoms with Gasteiger partial charge in [-0.05, 0) is 12.1 Å². The average Bonchev–Trinajstić information content (AvgIpc) is 2.40. The first-order valence-corrected chi connectivity index (χ1v) is 6.17. The number of carboxylic acid groups (broad SMARTS) is 1. The Kier molecular flexibility index (Phi) is 6.31. The summed E-state index contributed by atoms with van der Waals surface area (Å²) in [5, 5.41) is 14.6. The zero-order valence-electron chi connectivity index (χ0n) is 11.3. The second kappa shape index (κ2) is 8.00. The van der Waals surface area contributed by atoms with E-state index in [1.54, 1.807) is 19.2 Å².